The van der Waals surface area contributed by atoms with Gasteiger partial charge in [-0.25, -0.2) is 0 Å². The molecule has 0 spiro atoms. The highest BCUT2D eigenvalue weighted by Crippen LogP contribution is 2.24. The Balaban J connectivity index is 1.60. The Kier molecular flexibility index (Phi) is 5.56. The molecule has 2 aromatic carbocycles. The van der Waals surface area contributed by atoms with Crippen molar-refractivity contribution in [3.63, 3.8) is 0 Å². The van der Waals surface area contributed by atoms with E-state index in [-0.39, 0.29) is 12.4 Å². The Bertz CT molecular complexity index is 963. The summed E-state index contributed by atoms with van der Waals surface area (Å²) >= 11 is 0. The number of benzene rings is 2. The molecule has 0 bridgehead atoms. The summed E-state index contributed by atoms with van der Waals surface area (Å²) < 4.78 is 4.82. The standard InChI is InChI=1S/C21H21N3O4/c1-14-12-18(24-28-14)23-20(26)19(25)22-13-21(2,27)17-10-8-16(9-11-17)15-6-4-3-5-7-15/h3-12,27H,13H2,1-2H3,(H,22,25)(H,23,24,26). The first-order valence-electron chi connectivity index (χ1n) is 8.76. The summed E-state index contributed by atoms with van der Waals surface area (Å²) in [6.07, 6.45) is 0. The fourth-order valence-electron chi connectivity index (χ4n) is 2.69. The van der Waals surface area contributed by atoms with Gasteiger partial charge in [-0.05, 0) is 30.5 Å². The molecule has 3 N–H and O–H groups in total. The highest BCUT2D eigenvalue weighted by Gasteiger charge is 2.25. The van der Waals surface area contributed by atoms with Gasteiger partial charge < -0.3 is 14.9 Å². The highest BCUT2D eigenvalue weighted by atomic mass is 16.5. The van der Waals surface area contributed by atoms with E-state index in [0.29, 0.717) is 11.3 Å². The van der Waals surface area contributed by atoms with Crippen LogP contribution >= 0.6 is 0 Å². The van der Waals surface area contributed by atoms with E-state index < -0.39 is 17.4 Å². The minimum atomic E-state index is -1.34. The predicted molar refractivity (Wildman–Crippen MR) is 104 cm³/mol. The molecule has 1 aromatic heterocycles. The maximum Gasteiger partial charge on any atom is 0.314 e. The number of nitrogens with zero attached hydrogens (tertiary/aromatic N) is 1. The van der Waals surface area contributed by atoms with E-state index in [0.717, 1.165) is 11.1 Å². The molecule has 0 aliphatic carbocycles. The maximum absolute atomic E-state index is 12.0. The summed E-state index contributed by atoms with van der Waals surface area (Å²) in [4.78, 5) is 23.9. The summed E-state index contributed by atoms with van der Waals surface area (Å²) in [7, 11) is 0. The van der Waals surface area contributed by atoms with Crippen LogP contribution in [0.1, 0.15) is 18.2 Å². The van der Waals surface area contributed by atoms with Gasteiger partial charge >= 0.3 is 11.8 Å². The van der Waals surface area contributed by atoms with Crippen molar-refractivity contribution in [2.45, 2.75) is 19.4 Å². The van der Waals surface area contributed by atoms with Crippen LogP contribution in [0.15, 0.2) is 65.2 Å². The van der Waals surface area contributed by atoms with E-state index >= 15 is 0 Å². The minimum absolute atomic E-state index is 0.123. The van der Waals surface area contributed by atoms with E-state index in [9.17, 15) is 14.7 Å². The van der Waals surface area contributed by atoms with Crippen LogP contribution in [-0.2, 0) is 15.2 Å². The molecular weight excluding hydrogens is 358 g/mol. The summed E-state index contributed by atoms with van der Waals surface area (Å²) in [5.41, 5.74) is 1.38. The molecule has 3 rings (SSSR count). The third-order valence-electron chi connectivity index (χ3n) is 4.28. The van der Waals surface area contributed by atoms with Crippen molar-refractivity contribution in [2.75, 3.05) is 11.9 Å². The topological polar surface area (TPSA) is 104 Å². The van der Waals surface area contributed by atoms with Crippen molar-refractivity contribution in [3.05, 3.63) is 72.0 Å². The Hall–Kier alpha value is -3.45. The Labute approximate surface area is 162 Å². The average Bonchev–Trinajstić information content (AvgIpc) is 3.11. The number of anilines is 1. The second-order valence-corrected chi connectivity index (χ2v) is 6.68. The van der Waals surface area contributed by atoms with Crippen molar-refractivity contribution in [1.82, 2.24) is 10.5 Å². The van der Waals surface area contributed by atoms with Crippen LogP contribution in [0.4, 0.5) is 5.82 Å². The number of rotatable bonds is 5. The Morgan fingerprint density at radius 2 is 1.68 bits per heavy atom. The summed E-state index contributed by atoms with van der Waals surface area (Å²) in [5, 5.41) is 19.1. The number of nitrogens with one attached hydrogen (secondary N) is 2. The van der Waals surface area contributed by atoms with Gasteiger partial charge in [0.05, 0.1) is 6.54 Å². The molecular formula is C21H21N3O4. The molecule has 0 aliphatic rings. The molecule has 2 amide bonds. The number of carbonyl (C=O) groups is 2. The van der Waals surface area contributed by atoms with Crippen molar-refractivity contribution in [2.24, 2.45) is 0 Å². The lowest BCUT2D eigenvalue weighted by atomic mass is 9.93. The smallest absolute Gasteiger partial charge is 0.314 e. The van der Waals surface area contributed by atoms with Crippen molar-refractivity contribution in [1.29, 1.82) is 0 Å². The lowest BCUT2D eigenvalue weighted by molar-refractivity contribution is -0.136. The summed E-state index contributed by atoms with van der Waals surface area (Å²) in [5.74, 6) is -1.09. The van der Waals surface area contributed by atoms with Gasteiger partial charge in [0.2, 0.25) is 0 Å². The Morgan fingerprint density at radius 1 is 1.04 bits per heavy atom. The van der Waals surface area contributed by atoms with Crippen LogP contribution in [0.3, 0.4) is 0 Å². The van der Waals surface area contributed by atoms with Crippen LogP contribution in [-0.4, -0.2) is 28.6 Å². The second kappa shape index (κ2) is 8.06. The quantitative estimate of drug-likeness (QED) is 0.591. The SMILES string of the molecule is Cc1cc(NC(=O)C(=O)NCC(C)(O)c2ccc(-c3ccccc3)cc2)no1. The van der Waals surface area contributed by atoms with Gasteiger partial charge in [0, 0.05) is 6.07 Å². The Morgan fingerprint density at radius 3 is 2.29 bits per heavy atom. The summed E-state index contributed by atoms with van der Waals surface area (Å²) in [6, 6.07) is 18.8. The van der Waals surface area contributed by atoms with Gasteiger partial charge in [0.15, 0.2) is 5.82 Å². The first-order valence-corrected chi connectivity index (χ1v) is 8.76. The van der Waals surface area contributed by atoms with Gasteiger partial charge in [0.25, 0.3) is 0 Å². The van der Waals surface area contributed by atoms with Gasteiger partial charge in [-0.15, -0.1) is 0 Å². The van der Waals surface area contributed by atoms with Crippen molar-refractivity contribution in [3.8, 4) is 11.1 Å². The molecule has 0 fully saturated rings. The number of carbonyl (C=O) groups excluding carboxylic acids is 2. The van der Waals surface area contributed by atoms with Crippen LogP contribution in [0, 0.1) is 6.92 Å². The van der Waals surface area contributed by atoms with Crippen molar-refractivity contribution < 1.29 is 19.2 Å². The lowest BCUT2D eigenvalue weighted by Crippen LogP contribution is -2.43. The van der Waals surface area contributed by atoms with Crippen molar-refractivity contribution >= 4 is 17.6 Å². The second-order valence-electron chi connectivity index (χ2n) is 6.68. The molecule has 7 nitrogen and oxygen atoms in total. The maximum atomic E-state index is 12.0. The lowest BCUT2D eigenvalue weighted by Gasteiger charge is -2.24. The molecule has 1 heterocycles. The summed E-state index contributed by atoms with van der Waals surface area (Å²) in [6.45, 7) is 3.12. The van der Waals surface area contributed by atoms with E-state index in [1.165, 1.54) is 6.07 Å². The fourth-order valence-corrected chi connectivity index (χ4v) is 2.69. The molecule has 0 aliphatic heterocycles. The number of aliphatic hydroxyl groups is 1. The molecule has 0 saturated carbocycles. The highest BCUT2D eigenvalue weighted by molar-refractivity contribution is 6.39. The zero-order valence-corrected chi connectivity index (χ0v) is 15.6. The van der Waals surface area contributed by atoms with Gasteiger partial charge in [0.1, 0.15) is 11.4 Å². The number of amides is 2. The molecule has 0 saturated heterocycles. The van der Waals surface area contributed by atoms with E-state index in [4.69, 9.17) is 4.52 Å². The van der Waals surface area contributed by atoms with Crippen LogP contribution in [0.25, 0.3) is 11.1 Å². The van der Waals surface area contributed by atoms with Gasteiger partial charge in [-0.2, -0.15) is 0 Å². The largest absolute Gasteiger partial charge is 0.384 e. The number of aryl methyl sites for hydroxylation is 1. The van der Waals surface area contributed by atoms with Crippen LogP contribution in [0.2, 0.25) is 0 Å². The van der Waals surface area contributed by atoms with Crippen LogP contribution in [0.5, 0.6) is 0 Å². The van der Waals surface area contributed by atoms with Crippen LogP contribution < -0.4 is 10.6 Å². The molecule has 1 atom stereocenters. The van der Waals surface area contributed by atoms with Gasteiger partial charge in [-0.3, -0.25) is 14.9 Å². The number of aromatic nitrogens is 1. The number of hydrogen-bond acceptors (Lipinski definition) is 5. The third kappa shape index (κ3) is 4.63. The van der Waals surface area contributed by atoms with E-state index in [1.807, 2.05) is 42.5 Å². The molecule has 7 heteroatoms. The molecule has 144 valence electrons. The molecule has 3 aromatic rings. The third-order valence-corrected chi connectivity index (χ3v) is 4.28. The average molecular weight is 379 g/mol. The number of hydrogen-bond donors (Lipinski definition) is 3. The normalized spacial score (nSPS) is 12.8. The van der Waals surface area contributed by atoms with Gasteiger partial charge in [-0.1, -0.05) is 59.8 Å². The molecule has 0 radical (unpaired) electrons. The first kappa shape index (κ1) is 19.3. The minimum Gasteiger partial charge on any atom is -0.384 e. The van der Waals surface area contributed by atoms with E-state index in [2.05, 4.69) is 15.8 Å². The molecule has 1 unspecified atom stereocenters. The zero-order valence-electron chi connectivity index (χ0n) is 15.6. The predicted octanol–water partition coefficient (Wildman–Crippen LogP) is 2.61. The zero-order chi connectivity index (χ0) is 20.1. The van der Waals surface area contributed by atoms with E-state index in [1.54, 1.807) is 26.0 Å². The fraction of sp³-hybridized carbons (Fsp3) is 0.190. The monoisotopic (exact) mass is 379 g/mol. The first-order chi connectivity index (χ1) is 13.3. The molecule has 28 heavy (non-hydrogen) atoms.